The Bertz CT molecular complexity index is 612. The molecule has 1 unspecified atom stereocenters. The van der Waals surface area contributed by atoms with Gasteiger partial charge in [-0.3, -0.25) is 9.69 Å². The van der Waals surface area contributed by atoms with Crippen molar-refractivity contribution in [3.63, 3.8) is 0 Å². The maximum Gasteiger partial charge on any atom is 0.180 e. The number of ketones is 1. The molecule has 0 bridgehead atoms. The molecule has 1 aromatic carbocycles. The highest BCUT2D eigenvalue weighted by atomic mass is 32.2. The molecule has 0 radical (unpaired) electrons. The second-order valence-electron chi connectivity index (χ2n) is 5.29. The Morgan fingerprint density at radius 1 is 1.38 bits per heavy atom. The Morgan fingerprint density at radius 2 is 2.10 bits per heavy atom. The van der Waals surface area contributed by atoms with Crippen LogP contribution in [0.1, 0.15) is 24.2 Å². The van der Waals surface area contributed by atoms with Crippen LogP contribution in [0.5, 0.6) is 5.75 Å². The van der Waals surface area contributed by atoms with E-state index in [-0.39, 0.29) is 29.9 Å². The number of sulfone groups is 1. The van der Waals surface area contributed by atoms with E-state index in [0.717, 1.165) is 0 Å². The summed E-state index contributed by atoms with van der Waals surface area (Å²) in [7, 11) is -2.96. The van der Waals surface area contributed by atoms with Gasteiger partial charge in [0.25, 0.3) is 0 Å². The van der Waals surface area contributed by atoms with Gasteiger partial charge in [-0.15, -0.1) is 0 Å². The monoisotopic (exact) mass is 311 g/mol. The SMILES string of the molecule is CCOc1ccccc1C(=O)CN1CCS(=O)(=O)CC1C. The van der Waals surface area contributed by atoms with Crippen LogP contribution in [0, 0.1) is 0 Å². The third kappa shape index (κ3) is 4.04. The number of Topliss-reactive ketones (excluding diaryl/α,β-unsaturated/α-hetero) is 1. The third-order valence-electron chi connectivity index (χ3n) is 3.64. The quantitative estimate of drug-likeness (QED) is 0.769. The topological polar surface area (TPSA) is 63.7 Å². The summed E-state index contributed by atoms with van der Waals surface area (Å²) in [5, 5.41) is 0. The standard InChI is InChI=1S/C15H21NO4S/c1-3-20-15-7-5-4-6-13(15)14(17)10-16-8-9-21(18,19)11-12(16)2/h4-7,12H,3,8-11H2,1-2H3. The average molecular weight is 311 g/mol. The maximum atomic E-state index is 12.4. The van der Waals surface area contributed by atoms with E-state index < -0.39 is 9.84 Å². The molecule has 1 saturated heterocycles. The molecule has 21 heavy (non-hydrogen) atoms. The summed E-state index contributed by atoms with van der Waals surface area (Å²) in [6, 6.07) is 7.03. The molecule has 0 amide bonds. The molecule has 0 spiro atoms. The molecule has 1 heterocycles. The Kier molecular flexibility index (Phi) is 5.00. The molecule has 1 aliphatic rings. The first kappa shape index (κ1) is 16.0. The van der Waals surface area contributed by atoms with E-state index in [1.165, 1.54) is 0 Å². The van der Waals surface area contributed by atoms with E-state index >= 15 is 0 Å². The van der Waals surface area contributed by atoms with Crippen molar-refractivity contribution in [3.05, 3.63) is 29.8 Å². The van der Waals surface area contributed by atoms with Gasteiger partial charge in [0, 0.05) is 12.6 Å². The van der Waals surface area contributed by atoms with Crippen molar-refractivity contribution in [2.45, 2.75) is 19.9 Å². The van der Waals surface area contributed by atoms with Crippen molar-refractivity contribution in [2.75, 3.05) is 31.2 Å². The van der Waals surface area contributed by atoms with Crippen LogP contribution in [-0.2, 0) is 9.84 Å². The van der Waals surface area contributed by atoms with Crippen LogP contribution in [0.4, 0.5) is 0 Å². The fourth-order valence-corrected chi connectivity index (χ4v) is 4.14. The van der Waals surface area contributed by atoms with Gasteiger partial charge >= 0.3 is 0 Å². The van der Waals surface area contributed by atoms with Crippen LogP contribution < -0.4 is 4.74 Å². The number of carbonyl (C=O) groups is 1. The summed E-state index contributed by atoms with van der Waals surface area (Å²) in [5.41, 5.74) is 0.556. The highest BCUT2D eigenvalue weighted by molar-refractivity contribution is 7.91. The molecule has 116 valence electrons. The maximum absolute atomic E-state index is 12.4. The lowest BCUT2D eigenvalue weighted by Crippen LogP contribution is -2.48. The van der Waals surface area contributed by atoms with E-state index in [2.05, 4.69) is 0 Å². The highest BCUT2D eigenvalue weighted by Crippen LogP contribution is 2.20. The van der Waals surface area contributed by atoms with Gasteiger partial charge in [-0.25, -0.2) is 8.42 Å². The van der Waals surface area contributed by atoms with Crippen molar-refractivity contribution in [1.82, 2.24) is 4.90 Å². The third-order valence-corrected chi connectivity index (χ3v) is 5.44. The first-order valence-corrected chi connectivity index (χ1v) is 8.94. The van der Waals surface area contributed by atoms with Gasteiger partial charge in [0.15, 0.2) is 15.6 Å². The number of rotatable bonds is 5. The van der Waals surface area contributed by atoms with Crippen LogP contribution >= 0.6 is 0 Å². The van der Waals surface area contributed by atoms with Crippen LogP contribution in [0.15, 0.2) is 24.3 Å². The van der Waals surface area contributed by atoms with Crippen molar-refractivity contribution in [2.24, 2.45) is 0 Å². The van der Waals surface area contributed by atoms with Crippen molar-refractivity contribution >= 4 is 15.6 Å². The predicted octanol–water partition coefficient (Wildman–Crippen LogP) is 1.39. The number of para-hydroxylation sites is 1. The minimum atomic E-state index is -2.96. The summed E-state index contributed by atoms with van der Waals surface area (Å²) in [4.78, 5) is 14.4. The van der Waals surface area contributed by atoms with Gasteiger partial charge in [-0.05, 0) is 26.0 Å². The van der Waals surface area contributed by atoms with Gasteiger partial charge < -0.3 is 4.74 Å². The molecule has 0 N–H and O–H groups in total. The fraction of sp³-hybridized carbons (Fsp3) is 0.533. The largest absolute Gasteiger partial charge is 0.493 e. The molecule has 5 nitrogen and oxygen atoms in total. The average Bonchev–Trinajstić information content (AvgIpc) is 2.42. The van der Waals surface area contributed by atoms with Gasteiger partial charge in [0.1, 0.15) is 5.75 Å². The molecule has 0 aromatic heterocycles. The highest BCUT2D eigenvalue weighted by Gasteiger charge is 2.29. The molecule has 1 fully saturated rings. The molecule has 1 aliphatic heterocycles. The zero-order valence-electron chi connectivity index (χ0n) is 12.4. The number of benzene rings is 1. The van der Waals surface area contributed by atoms with Gasteiger partial charge in [0.2, 0.25) is 0 Å². The summed E-state index contributed by atoms with van der Waals surface area (Å²) < 4.78 is 28.6. The molecule has 0 saturated carbocycles. The zero-order chi connectivity index (χ0) is 15.5. The van der Waals surface area contributed by atoms with Crippen molar-refractivity contribution in [3.8, 4) is 5.75 Å². The summed E-state index contributed by atoms with van der Waals surface area (Å²) in [6.45, 7) is 4.85. The predicted molar refractivity (Wildman–Crippen MR) is 81.6 cm³/mol. The van der Waals surface area contributed by atoms with Crippen LogP contribution in [0.25, 0.3) is 0 Å². The lowest BCUT2D eigenvalue weighted by atomic mass is 10.1. The molecular weight excluding hydrogens is 290 g/mol. The first-order valence-electron chi connectivity index (χ1n) is 7.12. The molecule has 0 aliphatic carbocycles. The van der Waals surface area contributed by atoms with E-state index in [9.17, 15) is 13.2 Å². The van der Waals surface area contributed by atoms with Crippen LogP contribution in [0.3, 0.4) is 0 Å². The van der Waals surface area contributed by atoms with Crippen molar-refractivity contribution in [1.29, 1.82) is 0 Å². The number of nitrogens with zero attached hydrogens (tertiary/aromatic N) is 1. The van der Waals surface area contributed by atoms with E-state index in [1.807, 2.05) is 24.8 Å². The van der Waals surface area contributed by atoms with Crippen molar-refractivity contribution < 1.29 is 17.9 Å². The smallest absolute Gasteiger partial charge is 0.180 e. The fourth-order valence-electron chi connectivity index (χ4n) is 2.52. The lowest BCUT2D eigenvalue weighted by Gasteiger charge is -2.32. The minimum Gasteiger partial charge on any atom is -0.493 e. The second kappa shape index (κ2) is 6.58. The Labute approximate surface area is 125 Å². The summed E-state index contributed by atoms with van der Waals surface area (Å²) in [5.74, 6) is 0.790. The van der Waals surface area contributed by atoms with Crippen LogP contribution in [-0.4, -0.2) is 56.3 Å². The zero-order valence-corrected chi connectivity index (χ0v) is 13.2. The first-order chi connectivity index (χ1) is 9.93. The van der Waals surface area contributed by atoms with E-state index in [1.54, 1.807) is 18.2 Å². The van der Waals surface area contributed by atoms with E-state index in [4.69, 9.17) is 4.74 Å². The van der Waals surface area contributed by atoms with Gasteiger partial charge in [-0.1, -0.05) is 12.1 Å². The Hall–Kier alpha value is -1.40. The van der Waals surface area contributed by atoms with Crippen LogP contribution in [0.2, 0.25) is 0 Å². The van der Waals surface area contributed by atoms with E-state index in [0.29, 0.717) is 24.5 Å². The molecule has 1 atom stereocenters. The normalized spacial score (nSPS) is 21.9. The minimum absolute atomic E-state index is 0.0369. The van der Waals surface area contributed by atoms with Gasteiger partial charge in [-0.2, -0.15) is 0 Å². The molecular formula is C15H21NO4S. The second-order valence-corrected chi connectivity index (χ2v) is 7.51. The molecule has 2 rings (SSSR count). The molecule has 1 aromatic rings. The Morgan fingerprint density at radius 3 is 2.76 bits per heavy atom. The number of carbonyl (C=O) groups excluding carboxylic acids is 1. The number of ether oxygens (including phenoxy) is 1. The Balaban J connectivity index is 2.08. The number of hydrogen-bond acceptors (Lipinski definition) is 5. The lowest BCUT2D eigenvalue weighted by molar-refractivity contribution is 0.0905. The summed E-state index contributed by atoms with van der Waals surface area (Å²) in [6.07, 6.45) is 0. The number of hydrogen-bond donors (Lipinski definition) is 0. The van der Waals surface area contributed by atoms with Gasteiger partial charge in [0.05, 0.1) is 30.2 Å². The summed E-state index contributed by atoms with van der Waals surface area (Å²) >= 11 is 0. The molecule has 6 heteroatoms.